The molecule has 4 aliphatic carbocycles. The molecule has 3 fully saturated rings. The summed E-state index contributed by atoms with van der Waals surface area (Å²) in [5.74, 6) is 1.39. The van der Waals surface area contributed by atoms with Crippen molar-refractivity contribution in [2.45, 2.75) is 65.1 Å². The van der Waals surface area contributed by atoms with E-state index in [-0.39, 0.29) is 41.8 Å². The lowest BCUT2D eigenvalue weighted by atomic mass is 9.45. The molecule has 0 radical (unpaired) electrons. The summed E-state index contributed by atoms with van der Waals surface area (Å²) in [5.41, 5.74) is -1.57. The average Bonchev–Trinajstić information content (AvgIpc) is 3.11. The molecule has 8 atom stereocenters. The van der Waals surface area contributed by atoms with Crippen LogP contribution in [0.1, 0.15) is 53.4 Å². The minimum Gasteiger partial charge on any atom is -0.494 e. The Morgan fingerprint density at radius 2 is 1.81 bits per heavy atom. The first-order chi connectivity index (χ1) is 17.0. The maximum absolute atomic E-state index is 13.5. The van der Waals surface area contributed by atoms with Crippen molar-refractivity contribution in [1.82, 2.24) is 0 Å². The lowest BCUT2D eigenvalue weighted by Crippen LogP contribution is -2.62. The molecule has 4 aliphatic rings. The number of hydrogen-bond acceptors (Lipinski definition) is 6. The summed E-state index contributed by atoms with van der Waals surface area (Å²) >= 11 is 0. The number of fused-ring (bicyclic) bond motifs is 5. The lowest BCUT2D eigenvalue weighted by Gasteiger charge is -2.60. The van der Waals surface area contributed by atoms with Gasteiger partial charge >= 0.3 is 0 Å². The van der Waals surface area contributed by atoms with Crippen LogP contribution in [0.15, 0.2) is 48.1 Å². The summed E-state index contributed by atoms with van der Waals surface area (Å²) in [7, 11) is 0. The summed E-state index contributed by atoms with van der Waals surface area (Å²) in [6, 6.07) is 7.11. The zero-order valence-electron chi connectivity index (χ0n) is 21.7. The zero-order valence-corrected chi connectivity index (χ0v) is 21.7. The molecule has 194 valence electrons. The third kappa shape index (κ3) is 3.67. The van der Waals surface area contributed by atoms with E-state index in [0.29, 0.717) is 25.2 Å². The van der Waals surface area contributed by atoms with E-state index in [1.54, 1.807) is 36.4 Å². The molecule has 36 heavy (non-hydrogen) atoms. The molecule has 2 N–H and O–H groups in total. The third-order valence-corrected chi connectivity index (χ3v) is 9.93. The molecule has 1 aromatic carbocycles. The molecule has 5 rings (SSSR count). The van der Waals surface area contributed by atoms with Crippen LogP contribution in [-0.4, -0.2) is 46.7 Å². The van der Waals surface area contributed by atoms with Gasteiger partial charge in [-0.15, -0.1) is 0 Å². The summed E-state index contributed by atoms with van der Waals surface area (Å²) in [6.07, 6.45) is 7.00. The van der Waals surface area contributed by atoms with Gasteiger partial charge in [-0.2, -0.15) is 0 Å². The molecule has 6 nitrogen and oxygen atoms in total. The predicted molar refractivity (Wildman–Crippen MR) is 136 cm³/mol. The topological polar surface area (TPSA) is 93.1 Å². The van der Waals surface area contributed by atoms with Gasteiger partial charge in [-0.05, 0) is 86.8 Å². The second kappa shape index (κ2) is 8.84. The van der Waals surface area contributed by atoms with E-state index in [2.05, 4.69) is 13.8 Å². The quantitative estimate of drug-likeness (QED) is 0.613. The summed E-state index contributed by atoms with van der Waals surface area (Å²) in [5, 5.41) is 23.4. The van der Waals surface area contributed by atoms with Crippen LogP contribution in [0.5, 0.6) is 11.5 Å². The van der Waals surface area contributed by atoms with E-state index in [1.807, 2.05) is 19.9 Å². The molecule has 0 spiro atoms. The summed E-state index contributed by atoms with van der Waals surface area (Å²) in [6.45, 7) is 8.55. The number of ether oxygens (including phenoxy) is 2. The van der Waals surface area contributed by atoms with E-state index in [9.17, 15) is 19.8 Å². The van der Waals surface area contributed by atoms with E-state index in [0.717, 1.165) is 24.2 Å². The van der Waals surface area contributed by atoms with Crippen molar-refractivity contribution < 1.29 is 29.3 Å². The fourth-order valence-electron chi connectivity index (χ4n) is 8.28. The Morgan fingerprint density at radius 1 is 1.14 bits per heavy atom. The minimum absolute atomic E-state index is 0.0104. The van der Waals surface area contributed by atoms with Crippen LogP contribution < -0.4 is 9.47 Å². The van der Waals surface area contributed by atoms with Gasteiger partial charge in [0.1, 0.15) is 23.7 Å². The van der Waals surface area contributed by atoms with Crippen LogP contribution in [0.25, 0.3) is 0 Å². The monoisotopic (exact) mass is 494 g/mol. The van der Waals surface area contributed by atoms with E-state index in [4.69, 9.17) is 9.47 Å². The van der Waals surface area contributed by atoms with Gasteiger partial charge in [0.25, 0.3) is 0 Å². The second-order valence-electron chi connectivity index (χ2n) is 11.8. The van der Waals surface area contributed by atoms with Crippen molar-refractivity contribution >= 4 is 11.6 Å². The molecule has 1 aromatic rings. The third-order valence-electron chi connectivity index (χ3n) is 9.93. The molecule has 0 saturated heterocycles. The Bertz CT molecular complexity index is 1100. The van der Waals surface area contributed by atoms with Crippen LogP contribution in [0.2, 0.25) is 0 Å². The van der Waals surface area contributed by atoms with Gasteiger partial charge in [-0.25, -0.2) is 0 Å². The number of Topliss-reactive ketones (excluding diaryl/α,β-unsaturated/α-hetero) is 1. The SMILES string of the molecule is CCOc1ccc(OCC(=O)[C@@]2(O)CCC3C4C[C@H](C)C5=CC(=O)C=CC5(C)[C@H]4[C@@H](O)CC32C)cc1. The van der Waals surface area contributed by atoms with Gasteiger partial charge in [0.05, 0.1) is 12.7 Å². The standard InChI is InChI=1S/C30H38O6/c1-5-35-20-6-8-21(9-7-20)36-17-26(33)30(34)13-11-23-22-14-18(2)24-15-19(31)10-12-28(24,3)27(22)25(32)16-29(23,30)4/h6-10,12,15,18,22-23,25,27,32,34H,5,11,13-14,16-17H2,1-4H3/t18-,22?,23?,25-,27+,28?,29?,30-/m0/s1. The number of carbonyl (C=O) groups excluding carboxylic acids is 2. The van der Waals surface area contributed by atoms with E-state index < -0.39 is 22.5 Å². The highest BCUT2D eigenvalue weighted by Gasteiger charge is 2.68. The number of rotatable bonds is 6. The van der Waals surface area contributed by atoms with Gasteiger partial charge in [-0.1, -0.05) is 32.4 Å². The first kappa shape index (κ1) is 25.2. The fraction of sp³-hybridized carbons (Fsp3) is 0.600. The highest BCUT2D eigenvalue weighted by Crippen LogP contribution is 2.67. The molecule has 4 unspecified atom stereocenters. The molecule has 3 saturated carbocycles. The second-order valence-corrected chi connectivity index (χ2v) is 11.8. The number of aliphatic hydroxyl groups is 2. The van der Waals surface area contributed by atoms with Gasteiger partial charge in [0.2, 0.25) is 5.78 Å². The normalized spacial score (nSPS) is 41.1. The Balaban J connectivity index is 1.37. The van der Waals surface area contributed by atoms with Gasteiger partial charge in [-0.3, -0.25) is 9.59 Å². The van der Waals surface area contributed by atoms with Crippen molar-refractivity contribution in [3.05, 3.63) is 48.1 Å². The van der Waals surface area contributed by atoms with E-state index in [1.165, 1.54) is 0 Å². The number of carbonyl (C=O) groups is 2. The molecule has 0 bridgehead atoms. The van der Waals surface area contributed by atoms with Crippen molar-refractivity contribution in [3.8, 4) is 11.5 Å². The molecular formula is C30H38O6. The van der Waals surface area contributed by atoms with Crippen molar-refractivity contribution in [1.29, 1.82) is 0 Å². The van der Waals surface area contributed by atoms with Crippen LogP contribution in [0.4, 0.5) is 0 Å². The van der Waals surface area contributed by atoms with Gasteiger partial charge in [0.15, 0.2) is 5.78 Å². The molecular weight excluding hydrogens is 456 g/mol. The van der Waals surface area contributed by atoms with Gasteiger partial charge in [0, 0.05) is 16.7 Å². The maximum atomic E-state index is 13.5. The zero-order chi connectivity index (χ0) is 25.9. The van der Waals surface area contributed by atoms with Crippen molar-refractivity contribution in [2.75, 3.05) is 13.2 Å². The van der Waals surface area contributed by atoms with Crippen molar-refractivity contribution in [3.63, 3.8) is 0 Å². The number of hydrogen-bond donors (Lipinski definition) is 2. The van der Waals surface area contributed by atoms with Crippen LogP contribution in [0.3, 0.4) is 0 Å². The number of aliphatic hydroxyl groups excluding tert-OH is 1. The van der Waals surface area contributed by atoms with Crippen LogP contribution >= 0.6 is 0 Å². The lowest BCUT2D eigenvalue weighted by molar-refractivity contribution is -0.179. The van der Waals surface area contributed by atoms with Crippen molar-refractivity contribution in [2.24, 2.45) is 34.5 Å². The highest BCUT2D eigenvalue weighted by atomic mass is 16.5. The maximum Gasteiger partial charge on any atom is 0.202 e. The molecule has 0 amide bonds. The van der Waals surface area contributed by atoms with Crippen LogP contribution in [0, 0.1) is 34.5 Å². The molecule has 0 aromatic heterocycles. The van der Waals surface area contributed by atoms with Crippen LogP contribution in [-0.2, 0) is 9.59 Å². The molecule has 0 aliphatic heterocycles. The first-order valence-corrected chi connectivity index (χ1v) is 13.3. The van der Waals surface area contributed by atoms with E-state index >= 15 is 0 Å². The Labute approximate surface area is 213 Å². The Morgan fingerprint density at radius 3 is 2.47 bits per heavy atom. The number of ketones is 2. The fourth-order valence-corrected chi connectivity index (χ4v) is 8.28. The number of benzene rings is 1. The first-order valence-electron chi connectivity index (χ1n) is 13.3. The summed E-state index contributed by atoms with van der Waals surface area (Å²) < 4.78 is 11.2. The molecule has 0 heterocycles. The smallest absolute Gasteiger partial charge is 0.202 e. The van der Waals surface area contributed by atoms with Gasteiger partial charge < -0.3 is 19.7 Å². The number of allylic oxidation sites excluding steroid dienone is 4. The average molecular weight is 495 g/mol. The molecule has 6 heteroatoms. The Hall–Kier alpha value is -2.44. The predicted octanol–water partition coefficient (Wildman–Crippen LogP) is 4.29. The minimum atomic E-state index is -1.55. The Kier molecular flexibility index (Phi) is 6.19. The summed E-state index contributed by atoms with van der Waals surface area (Å²) in [4.78, 5) is 25.6. The highest BCUT2D eigenvalue weighted by molar-refractivity contribution is 6.01. The largest absolute Gasteiger partial charge is 0.494 e.